The van der Waals surface area contributed by atoms with Crippen LogP contribution in [-0.4, -0.2) is 27.8 Å². The van der Waals surface area contributed by atoms with E-state index in [4.69, 9.17) is 4.74 Å². The first-order chi connectivity index (χ1) is 14.0. The molecule has 1 N–H and O–H groups in total. The van der Waals surface area contributed by atoms with Gasteiger partial charge in [0.1, 0.15) is 0 Å². The van der Waals surface area contributed by atoms with Gasteiger partial charge in [0.05, 0.1) is 15.2 Å². The van der Waals surface area contributed by atoms with E-state index in [1.807, 2.05) is 55.5 Å². The van der Waals surface area contributed by atoms with Gasteiger partial charge in [-0.1, -0.05) is 30.3 Å². The maximum absolute atomic E-state index is 12.9. The number of aromatic amines is 1. The number of H-pyrrole nitrogens is 1. The number of nitrogens with zero attached hydrogens (tertiary/aromatic N) is 1. The van der Waals surface area contributed by atoms with E-state index < -0.39 is 6.10 Å². The largest absolute Gasteiger partial charge is 0.454 e. The van der Waals surface area contributed by atoms with Crippen molar-refractivity contribution in [3.05, 3.63) is 64.8 Å². The Morgan fingerprint density at radius 1 is 1.14 bits per heavy atom. The lowest BCUT2D eigenvalue weighted by atomic mass is 10.0. The molecule has 0 spiro atoms. The molecular formula is C23H22N2O3S. The van der Waals surface area contributed by atoms with Crippen LogP contribution in [0.3, 0.4) is 0 Å². The fraction of sp³-hybridized carbons (Fsp3) is 0.261. The Morgan fingerprint density at radius 2 is 1.90 bits per heavy atom. The Bertz CT molecular complexity index is 1160. The lowest BCUT2D eigenvalue weighted by Gasteiger charge is -2.12. The molecule has 2 heterocycles. The summed E-state index contributed by atoms with van der Waals surface area (Å²) in [6.45, 7) is 3.49. The smallest absolute Gasteiger partial charge is 0.306 e. The lowest BCUT2D eigenvalue weighted by Crippen LogP contribution is -2.24. The van der Waals surface area contributed by atoms with Crippen molar-refractivity contribution in [1.29, 1.82) is 0 Å². The summed E-state index contributed by atoms with van der Waals surface area (Å²) in [6, 6.07) is 15.6. The number of nitrogens with one attached hydrogen (secondary N) is 1. The molecule has 6 heteroatoms. The number of esters is 1. The summed E-state index contributed by atoms with van der Waals surface area (Å²) in [5, 5.41) is 1.87. The molecular weight excluding hydrogens is 384 g/mol. The molecule has 4 rings (SSSR count). The molecule has 0 fully saturated rings. The van der Waals surface area contributed by atoms with Gasteiger partial charge in [0.25, 0.3) is 0 Å². The SMILES string of the molecule is Cc1[nH]c2ccccc2c1C(=O)[C@@H](C)OC(=O)CCCc1nc2ccccc2s1. The highest BCUT2D eigenvalue weighted by molar-refractivity contribution is 7.18. The van der Waals surface area contributed by atoms with E-state index in [-0.39, 0.29) is 18.2 Å². The molecule has 0 saturated carbocycles. The van der Waals surface area contributed by atoms with Crippen LogP contribution < -0.4 is 0 Å². The van der Waals surface area contributed by atoms with Gasteiger partial charge in [-0.15, -0.1) is 11.3 Å². The van der Waals surface area contributed by atoms with Gasteiger partial charge < -0.3 is 9.72 Å². The highest BCUT2D eigenvalue weighted by atomic mass is 32.1. The minimum Gasteiger partial charge on any atom is -0.454 e. The number of carbonyl (C=O) groups is 2. The number of aryl methyl sites for hydroxylation is 2. The normalized spacial score (nSPS) is 12.3. The van der Waals surface area contributed by atoms with Crippen LogP contribution >= 0.6 is 11.3 Å². The first kappa shape index (κ1) is 19.3. The number of Topliss-reactive ketones (excluding diaryl/α,β-unsaturated/α-hetero) is 1. The van der Waals surface area contributed by atoms with E-state index in [9.17, 15) is 9.59 Å². The second-order valence-electron chi connectivity index (χ2n) is 7.10. The predicted octanol–water partition coefficient (Wildman–Crippen LogP) is 5.22. The third-order valence-corrected chi connectivity index (χ3v) is 6.02. The molecule has 148 valence electrons. The second-order valence-corrected chi connectivity index (χ2v) is 8.21. The van der Waals surface area contributed by atoms with E-state index in [1.54, 1.807) is 18.3 Å². The average Bonchev–Trinajstić information content (AvgIpc) is 3.26. The van der Waals surface area contributed by atoms with Gasteiger partial charge in [-0.25, -0.2) is 4.98 Å². The molecule has 29 heavy (non-hydrogen) atoms. The third-order valence-electron chi connectivity index (χ3n) is 4.93. The molecule has 0 unspecified atom stereocenters. The molecule has 0 radical (unpaired) electrons. The number of hydrogen-bond acceptors (Lipinski definition) is 5. The van der Waals surface area contributed by atoms with E-state index in [0.717, 1.165) is 38.2 Å². The molecule has 5 nitrogen and oxygen atoms in total. The Balaban J connectivity index is 1.34. The Labute approximate surface area is 172 Å². The van der Waals surface area contributed by atoms with Gasteiger partial charge >= 0.3 is 5.97 Å². The number of para-hydroxylation sites is 2. The van der Waals surface area contributed by atoms with Gasteiger partial charge in [0.15, 0.2) is 6.10 Å². The highest BCUT2D eigenvalue weighted by Crippen LogP contribution is 2.25. The van der Waals surface area contributed by atoms with Crippen molar-refractivity contribution in [2.75, 3.05) is 0 Å². The van der Waals surface area contributed by atoms with Crippen molar-refractivity contribution < 1.29 is 14.3 Å². The standard InChI is InChI=1S/C23H22N2O3S/c1-14-22(16-8-3-4-9-17(16)24-14)23(27)15(2)28-21(26)13-7-12-20-25-18-10-5-6-11-19(18)29-20/h3-6,8-11,15,24H,7,12-13H2,1-2H3/t15-/m1/s1. The zero-order valence-corrected chi connectivity index (χ0v) is 17.2. The summed E-state index contributed by atoms with van der Waals surface area (Å²) in [7, 11) is 0. The minimum absolute atomic E-state index is 0.181. The number of aromatic nitrogens is 2. The molecule has 0 aliphatic rings. The third kappa shape index (κ3) is 4.07. The number of rotatable bonds is 7. The van der Waals surface area contributed by atoms with Gasteiger partial charge in [-0.05, 0) is 44.9 Å². The summed E-state index contributed by atoms with van der Waals surface area (Å²) in [4.78, 5) is 32.9. The van der Waals surface area contributed by atoms with Crippen LogP contribution in [0.2, 0.25) is 0 Å². The molecule has 0 aliphatic heterocycles. The molecule has 2 aromatic carbocycles. The molecule has 0 bridgehead atoms. The number of carbonyl (C=O) groups excluding carboxylic acids is 2. The van der Waals surface area contributed by atoms with Crippen molar-refractivity contribution in [3.8, 4) is 0 Å². The first-order valence-electron chi connectivity index (χ1n) is 9.68. The summed E-state index contributed by atoms with van der Waals surface area (Å²) < 4.78 is 6.57. The highest BCUT2D eigenvalue weighted by Gasteiger charge is 2.24. The predicted molar refractivity (Wildman–Crippen MR) is 115 cm³/mol. The number of fused-ring (bicyclic) bond motifs is 2. The monoisotopic (exact) mass is 406 g/mol. The van der Waals surface area contributed by atoms with E-state index >= 15 is 0 Å². The topological polar surface area (TPSA) is 72.1 Å². The van der Waals surface area contributed by atoms with Crippen LogP contribution in [0.1, 0.15) is 40.8 Å². The minimum atomic E-state index is -0.817. The summed E-state index contributed by atoms with van der Waals surface area (Å²) in [5.74, 6) is -0.538. The van der Waals surface area contributed by atoms with E-state index in [1.165, 1.54) is 0 Å². The van der Waals surface area contributed by atoms with Gasteiger partial charge in [0, 0.05) is 28.6 Å². The van der Waals surface area contributed by atoms with Crippen LogP contribution in [0.25, 0.3) is 21.1 Å². The van der Waals surface area contributed by atoms with Crippen LogP contribution in [-0.2, 0) is 16.0 Å². The molecule has 1 atom stereocenters. The second kappa shape index (κ2) is 8.17. The van der Waals surface area contributed by atoms with Crippen molar-refractivity contribution in [2.45, 2.75) is 39.2 Å². The fourth-order valence-electron chi connectivity index (χ4n) is 3.52. The average molecular weight is 407 g/mol. The van der Waals surface area contributed by atoms with Crippen molar-refractivity contribution in [1.82, 2.24) is 9.97 Å². The molecule has 4 aromatic rings. The maximum atomic E-state index is 12.9. The lowest BCUT2D eigenvalue weighted by molar-refractivity contribution is -0.146. The number of thiazole rings is 1. The summed E-state index contributed by atoms with van der Waals surface area (Å²) in [5.41, 5.74) is 3.27. The van der Waals surface area contributed by atoms with E-state index in [2.05, 4.69) is 9.97 Å². The summed E-state index contributed by atoms with van der Waals surface area (Å²) >= 11 is 1.65. The molecule has 2 aromatic heterocycles. The van der Waals surface area contributed by atoms with Crippen LogP contribution in [0.5, 0.6) is 0 Å². The Kier molecular flexibility index (Phi) is 5.45. The Hall–Kier alpha value is -2.99. The fourth-order valence-corrected chi connectivity index (χ4v) is 4.53. The summed E-state index contributed by atoms with van der Waals surface area (Å²) in [6.07, 6.45) is 0.813. The number of ketones is 1. The van der Waals surface area contributed by atoms with Crippen molar-refractivity contribution in [2.24, 2.45) is 0 Å². The number of hydrogen-bond donors (Lipinski definition) is 1. The first-order valence-corrected chi connectivity index (χ1v) is 10.5. The van der Waals surface area contributed by atoms with Crippen LogP contribution in [0, 0.1) is 6.92 Å². The van der Waals surface area contributed by atoms with Crippen LogP contribution in [0.4, 0.5) is 0 Å². The molecule has 0 amide bonds. The van der Waals surface area contributed by atoms with E-state index in [0.29, 0.717) is 12.0 Å². The molecule has 0 saturated heterocycles. The number of ether oxygens (including phenoxy) is 1. The zero-order valence-electron chi connectivity index (χ0n) is 16.4. The quantitative estimate of drug-likeness (QED) is 0.337. The van der Waals surface area contributed by atoms with Crippen LogP contribution in [0.15, 0.2) is 48.5 Å². The van der Waals surface area contributed by atoms with Gasteiger partial charge in [-0.3, -0.25) is 9.59 Å². The zero-order chi connectivity index (χ0) is 20.4. The maximum Gasteiger partial charge on any atom is 0.306 e. The number of benzene rings is 2. The van der Waals surface area contributed by atoms with Gasteiger partial charge in [-0.2, -0.15) is 0 Å². The van der Waals surface area contributed by atoms with Crippen molar-refractivity contribution >= 4 is 44.2 Å². The van der Waals surface area contributed by atoms with Gasteiger partial charge in [0.2, 0.25) is 5.78 Å². The molecule has 0 aliphatic carbocycles. The van der Waals surface area contributed by atoms with Crippen molar-refractivity contribution in [3.63, 3.8) is 0 Å². The Morgan fingerprint density at radius 3 is 2.72 bits per heavy atom.